The van der Waals surface area contributed by atoms with Gasteiger partial charge in [0.2, 0.25) is 11.7 Å². The van der Waals surface area contributed by atoms with Gasteiger partial charge >= 0.3 is 5.97 Å². The Morgan fingerprint density at radius 2 is 2.47 bits per heavy atom. The van der Waals surface area contributed by atoms with Gasteiger partial charge in [-0.25, -0.2) is 0 Å². The predicted molar refractivity (Wildman–Crippen MR) is 75.0 cm³/mol. The molecule has 0 saturated carbocycles. The summed E-state index contributed by atoms with van der Waals surface area (Å²) in [5.41, 5.74) is 0.965. The van der Waals surface area contributed by atoms with E-state index in [0.29, 0.717) is 23.9 Å². The molecule has 0 aromatic carbocycles. The summed E-state index contributed by atoms with van der Waals surface area (Å²) < 4.78 is 9.80. The summed E-state index contributed by atoms with van der Waals surface area (Å²) in [4.78, 5) is 15.4. The van der Waals surface area contributed by atoms with Crippen molar-refractivity contribution in [3.05, 3.63) is 22.7 Å². The number of ether oxygens (including phenoxy) is 1. The number of carbonyl (C=O) groups excluding carboxylic acids is 1. The standard InChI is InChI=1S/C12H14N2O3S2/c1-8(5-11(15)16-2)19-7-10-13-12(14-17-10)9-3-4-18-6-9/h3-4,6,8H,5,7H2,1-2H3. The second kappa shape index (κ2) is 6.72. The van der Waals surface area contributed by atoms with E-state index in [4.69, 9.17) is 4.52 Å². The average Bonchev–Trinajstić information content (AvgIpc) is 3.06. The fourth-order valence-corrected chi connectivity index (χ4v) is 2.85. The largest absolute Gasteiger partial charge is 0.469 e. The van der Waals surface area contributed by atoms with E-state index in [1.54, 1.807) is 23.1 Å². The van der Waals surface area contributed by atoms with Gasteiger partial charge in [0.15, 0.2) is 0 Å². The molecule has 2 aromatic rings. The first-order valence-corrected chi connectivity index (χ1v) is 7.71. The van der Waals surface area contributed by atoms with Crippen LogP contribution in [-0.2, 0) is 15.3 Å². The highest BCUT2D eigenvalue weighted by atomic mass is 32.2. The first-order chi connectivity index (χ1) is 9.19. The molecule has 1 atom stereocenters. The van der Waals surface area contributed by atoms with Gasteiger partial charge in [-0.05, 0) is 11.4 Å². The van der Waals surface area contributed by atoms with Crippen molar-refractivity contribution in [1.29, 1.82) is 0 Å². The number of thioether (sulfide) groups is 1. The highest BCUT2D eigenvalue weighted by Crippen LogP contribution is 2.23. The summed E-state index contributed by atoms with van der Waals surface area (Å²) in [7, 11) is 1.39. The lowest BCUT2D eigenvalue weighted by Crippen LogP contribution is -2.08. The van der Waals surface area contributed by atoms with E-state index < -0.39 is 0 Å². The van der Waals surface area contributed by atoms with Crippen LogP contribution in [0.15, 0.2) is 21.3 Å². The van der Waals surface area contributed by atoms with Crippen LogP contribution in [0.4, 0.5) is 0 Å². The van der Waals surface area contributed by atoms with Crippen LogP contribution in [0.5, 0.6) is 0 Å². The third kappa shape index (κ3) is 4.07. The van der Waals surface area contributed by atoms with E-state index >= 15 is 0 Å². The maximum Gasteiger partial charge on any atom is 0.306 e. The van der Waals surface area contributed by atoms with Crippen LogP contribution in [0.2, 0.25) is 0 Å². The number of aromatic nitrogens is 2. The van der Waals surface area contributed by atoms with E-state index in [1.165, 1.54) is 7.11 Å². The van der Waals surface area contributed by atoms with Crippen LogP contribution >= 0.6 is 23.1 Å². The zero-order valence-corrected chi connectivity index (χ0v) is 12.3. The SMILES string of the molecule is COC(=O)CC(C)SCc1nc(-c2ccsc2)no1. The molecule has 0 aliphatic rings. The fraction of sp³-hybridized carbons (Fsp3) is 0.417. The van der Waals surface area contributed by atoms with Crippen molar-refractivity contribution in [2.75, 3.05) is 7.11 Å². The minimum absolute atomic E-state index is 0.156. The molecule has 102 valence electrons. The lowest BCUT2D eigenvalue weighted by molar-refractivity contribution is -0.140. The van der Waals surface area contributed by atoms with Crippen LogP contribution in [0.3, 0.4) is 0 Å². The molecule has 0 radical (unpaired) electrons. The van der Waals surface area contributed by atoms with Gasteiger partial charge in [0.25, 0.3) is 0 Å². The van der Waals surface area contributed by atoms with Crippen molar-refractivity contribution in [3.63, 3.8) is 0 Å². The van der Waals surface area contributed by atoms with Gasteiger partial charge < -0.3 is 9.26 Å². The number of methoxy groups -OCH3 is 1. The molecule has 0 fully saturated rings. The molecule has 0 N–H and O–H groups in total. The number of rotatable bonds is 6. The third-order valence-electron chi connectivity index (χ3n) is 2.42. The van der Waals surface area contributed by atoms with Gasteiger partial charge in [-0.2, -0.15) is 16.3 Å². The van der Waals surface area contributed by atoms with Gasteiger partial charge in [-0.1, -0.05) is 12.1 Å². The maximum absolute atomic E-state index is 11.1. The summed E-state index contributed by atoms with van der Waals surface area (Å²) in [6, 6.07) is 1.95. The molecule has 2 aromatic heterocycles. The maximum atomic E-state index is 11.1. The summed E-state index contributed by atoms with van der Waals surface area (Å²) in [5.74, 6) is 1.57. The first-order valence-electron chi connectivity index (χ1n) is 5.72. The lowest BCUT2D eigenvalue weighted by atomic mass is 10.3. The van der Waals surface area contributed by atoms with Crippen LogP contribution in [0.25, 0.3) is 11.4 Å². The van der Waals surface area contributed by atoms with Crippen LogP contribution < -0.4 is 0 Å². The van der Waals surface area contributed by atoms with Crippen LogP contribution in [-0.4, -0.2) is 28.5 Å². The van der Waals surface area contributed by atoms with E-state index in [9.17, 15) is 4.79 Å². The van der Waals surface area contributed by atoms with E-state index in [-0.39, 0.29) is 11.2 Å². The first kappa shape index (κ1) is 14.1. The molecule has 7 heteroatoms. The molecule has 0 aliphatic heterocycles. The normalized spacial score (nSPS) is 12.3. The summed E-state index contributed by atoms with van der Waals surface area (Å²) in [6.07, 6.45) is 0.382. The molecular weight excluding hydrogens is 284 g/mol. The average molecular weight is 298 g/mol. The van der Waals surface area contributed by atoms with E-state index in [0.717, 1.165) is 5.56 Å². The molecule has 19 heavy (non-hydrogen) atoms. The summed E-state index contributed by atoms with van der Waals surface area (Å²) in [5, 5.41) is 8.03. The zero-order chi connectivity index (χ0) is 13.7. The summed E-state index contributed by atoms with van der Waals surface area (Å²) >= 11 is 3.18. The van der Waals surface area contributed by atoms with Gasteiger partial charge in [-0.3, -0.25) is 4.79 Å². The number of esters is 1. The molecule has 2 rings (SSSR count). The topological polar surface area (TPSA) is 65.2 Å². The Morgan fingerprint density at radius 3 is 3.16 bits per heavy atom. The Morgan fingerprint density at radius 1 is 1.63 bits per heavy atom. The number of carbonyl (C=O) groups is 1. The molecule has 0 spiro atoms. The minimum atomic E-state index is -0.204. The van der Waals surface area contributed by atoms with Crippen molar-refractivity contribution in [3.8, 4) is 11.4 Å². The van der Waals surface area contributed by atoms with Gasteiger partial charge in [0.1, 0.15) is 0 Å². The molecule has 0 saturated heterocycles. The van der Waals surface area contributed by atoms with Crippen LogP contribution in [0.1, 0.15) is 19.2 Å². The fourth-order valence-electron chi connectivity index (χ4n) is 1.41. The van der Waals surface area contributed by atoms with Crippen molar-refractivity contribution < 1.29 is 14.1 Å². The van der Waals surface area contributed by atoms with E-state index in [2.05, 4.69) is 14.9 Å². The molecular formula is C12H14N2O3S2. The third-order valence-corrected chi connectivity index (χ3v) is 4.25. The molecule has 0 aliphatic carbocycles. The number of hydrogen-bond acceptors (Lipinski definition) is 7. The Bertz CT molecular complexity index is 525. The molecule has 2 heterocycles. The Labute approximate surface area is 119 Å². The molecule has 5 nitrogen and oxygen atoms in total. The Balaban J connectivity index is 1.85. The highest BCUT2D eigenvalue weighted by molar-refractivity contribution is 7.99. The number of thiophene rings is 1. The predicted octanol–water partition coefficient (Wildman–Crippen LogP) is 2.98. The van der Waals surface area contributed by atoms with Gasteiger partial charge in [-0.15, -0.1) is 11.8 Å². The molecule has 1 unspecified atom stereocenters. The zero-order valence-electron chi connectivity index (χ0n) is 10.7. The molecule has 0 bridgehead atoms. The van der Waals surface area contributed by atoms with Crippen molar-refractivity contribution in [2.45, 2.75) is 24.3 Å². The van der Waals surface area contributed by atoms with Gasteiger partial charge in [0, 0.05) is 16.2 Å². The van der Waals surface area contributed by atoms with E-state index in [1.807, 2.05) is 23.8 Å². The Kier molecular flexibility index (Phi) is 4.98. The smallest absolute Gasteiger partial charge is 0.306 e. The minimum Gasteiger partial charge on any atom is -0.469 e. The molecule has 0 amide bonds. The second-order valence-corrected chi connectivity index (χ2v) is 6.13. The number of nitrogens with zero attached hydrogens (tertiary/aromatic N) is 2. The van der Waals surface area contributed by atoms with Gasteiger partial charge in [0.05, 0.1) is 19.3 Å². The number of hydrogen-bond donors (Lipinski definition) is 0. The quantitative estimate of drug-likeness (QED) is 0.764. The lowest BCUT2D eigenvalue weighted by Gasteiger charge is -2.07. The van der Waals surface area contributed by atoms with Crippen LogP contribution in [0, 0.1) is 0 Å². The highest BCUT2D eigenvalue weighted by Gasteiger charge is 2.13. The van der Waals surface area contributed by atoms with Crippen molar-refractivity contribution >= 4 is 29.1 Å². The monoisotopic (exact) mass is 298 g/mol. The Hall–Kier alpha value is -1.34. The van der Waals surface area contributed by atoms with Crippen molar-refractivity contribution in [2.24, 2.45) is 0 Å². The van der Waals surface area contributed by atoms with Crippen molar-refractivity contribution in [1.82, 2.24) is 10.1 Å². The second-order valence-electron chi connectivity index (χ2n) is 3.93. The summed E-state index contributed by atoms with van der Waals surface area (Å²) in [6.45, 7) is 1.97.